The summed E-state index contributed by atoms with van der Waals surface area (Å²) in [4.78, 5) is 0.764. The van der Waals surface area contributed by atoms with E-state index in [0.717, 1.165) is 21.4 Å². The lowest BCUT2D eigenvalue weighted by Crippen LogP contribution is -2.16. The number of benzene rings is 1. The number of nitrogens with zero attached hydrogens (tertiary/aromatic N) is 4. The van der Waals surface area contributed by atoms with Crippen molar-refractivity contribution in [2.75, 3.05) is 19.8 Å². The standard InChI is InChI=1S/C19H26N4O3S/c1-7-24-13-10-12(11-14(25-8-2)15(13)26-9-3)16-22-23-17(19(4,5)6)20-21-18(23)27-16/h10-11H,7-9H2,1-6H3. The van der Waals surface area contributed by atoms with Crippen molar-refractivity contribution in [2.24, 2.45) is 0 Å². The molecule has 0 unspecified atom stereocenters. The van der Waals surface area contributed by atoms with E-state index in [1.807, 2.05) is 37.4 Å². The van der Waals surface area contributed by atoms with Crippen molar-refractivity contribution < 1.29 is 14.2 Å². The SMILES string of the molecule is CCOc1cc(-c2nn3c(C(C)(C)C)nnc3s2)cc(OCC)c1OCC. The Morgan fingerprint density at radius 1 is 0.926 bits per heavy atom. The highest BCUT2D eigenvalue weighted by Gasteiger charge is 2.24. The van der Waals surface area contributed by atoms with Gasteiger partial charge in [-0.05, 0) is 32.9 Å². The summed E-state index contributed by atoms with van der Waals surface area (Å²) >= 11 is 1.49. The molecular formula is C19H26N4O3S. The minimum absolute atomic E-state index is 0.142. The largest absolute Gasteiger partial charge is 0.490 e. The first-order valence-corrected chi connectivity index (χ1v) is 10.00. The van der Waals surface area contributed by atoms with Gasteiger partial charge < -0.3 is 14.2 Å². The fourth-order valence-electron chi connectivity index (χ4n) is 2.71. The molecule has 0 bridgehead atoms. The van der Waals surface area contributed by atoms with Crippen molar-refractivity contribution in [1.82, 2.24) is 19.8 Å². The second-order valence-electron chi connectivity index (χ2n) is 6.98. The first-order chi connectivity index (χ1) is 12.9. The van der Waals surface area contributed by atoms with Crippen LogP contribution in [0, 0.1) is 0 Å². The van der Waals surface area contributed by atoms with Gasteiger partial charge in [0, 0.05) is 11.0 Å². The molecule has 0 aliphatic heterocycles. The van der Waals surface area contributed by atoms with Gasteiger partial charge in [0.1, 0.15) is 5.01 Å². The van der Waals surface area contributed by atoms with E-state index in [9.17, 15) is 0 Å². The molecule has 0 aliphatic carbocycles. The summed E-state index contributed by atoms with van der Waals surface area (Å²) in [6, 6.07) is 3.89. The molecule has 0 fully saturated rings. The van der Waals surface area contributed by atoms with Crippen LogP contribution in [0.3, 0.4) is 0 Å². The summed E-state index contributed by atoms with van der Waals surface area (Å²) in [6.07, 6.45) is 0. The topological polar surface area (TPSA) is 70.8 Å². The Balaban J connectivity index is 2.13. The van der Waals surface area contributed by atoms with Gasteiger partial charge in [0.05, 0.1) is 19.8 Å². The molecule has 146 valence electrons. The molecule has 0 radical (unpaired) electrons. The van der Waals surface area contributed by atoms with E-state index in [2.05, 4.69) is 31.0 Å². The predicted octanol–water partition coefficient (Wildman–Crippen LogP) is 4.35. The van der Waals surface area contributed by atoms with E-state index in [-0.39, 0.29) is 5.41 Å². The highest BCUT2D eigenvalue weighted by molar-refractivity contribution is 7.19. The minimum atomic E-state index is -0.142. The third kappa shape index (κ3) is 3.85. The number of rotatable bonds is 7. The Morgan fingerprint density at radius 2 is 1.52 bits per heavy atom. The smallest absolute Gasteiger partial charge is 0.235 e. The molecule has 1 aromatic carbocycles. The molecule has 3 aromatic rings. The molecule has 0 N–H and O–H groups in total. The summed E-state index contributed by atoms with van der Waals surface area (Å²) in [6.45, 7) is 13.7. The van der Waals surface area contributed by atoms with Gasteiger partial charge in [-0.25, -0.2) is 0 Å². The van der Waals surface area contributed by atoms with Gasteiger partial charge >= 0.3 is 0 Å². The fraction of sp³-hybridized carbons (Fsp3) is 0.526. The zero-order valence-electron chi connectivity index (χ0n) is 16.7. The van der Waals surface area contributed by atoms with E-state index in [4.69, 9.17) is 19.3 Å². The summed E-state index contributed by atoms with van der Waals surface area (Å²) in [5.41, 5.74) is 0.761. The van der Waals surface area contributed by atoms with Crippen LogP contribution in [0.25, 0.3) is 15.5 Å². The number of hydrogen-bond donors (Lipinski definition) is 0. The fourth-order valence-corrected chi connectivity index (χ4v) is 3.54. The molecule has 3 rings (SSSR count). The van der Waals surface area contributed by atoms with E-state index >= 15 is 0 Å². The van der Waals surface area contributed by atoms with Crippen LogP contribution >= 0.6 is 11.3 Å². The Morgan fingerprint density at radius 3 is 2.04 bits per heavy atom. The second-order valence-corrected chi connectivity index (χ2v) is 7.93. The molecule has 2 aromatic heterocycles. The zero-order valence-corrected chi connectivity index (χ0v) is 17.5. The summed E-state index contributed by atoms with van der Waals surface area (Å²) < 4.78 is 19.2. The highest BCUT2D eigenvalue weighted by atomic mass is 32.1. The normalized spacial score (nSPS) is 11.8. The molecule has 2 heterocycles. The van der Waals surface area contributed by atoms with Gasteiger partial charge in [0.2, 0.25) is 10.7 Å². The molecule has 0 aliphatic rings. The van der Waals surface area contributed by atoms with Crippen LogP contribution in [0.2, 0.25) is 0 Å². The van der Waals surface area contributed by atoms with Crippen molar-refractivity contribution in [3.63, 3.8) is 0 Å². The maximum Gasteiger partial charge on any atom is 0.235 e. The molecule has 0 saturated carbocycles. The Bertz CT molecular complexity index is 900. The van der Waals surface area contributed by atoms with Crippen molar-refractivity contribution >= 4 is 16.3 Å². The van der Waals surface area contributed by atoms with Crippen molar-refractivity contribution in [3.8, 4) is 27.8 Å². The van der Waals surface area contributed by atoms with E-state index < -0.39 is 0 Å². The number of hydrogen-bond acceptors (Lipinski definition) is 7. The molecular weight excluding hydrogens is 364 g/mol. The van der Waals surface area contributed by atoms with Gasteiger partial charge in [-0.3, -0.25) is 0 Å². The molecule has 0 atom stereocenters. The third-order valence-corrected chi connectivity index (χ3v) is 4.77. The molecule has 27 heavy (non-hydrogen) atoms. The summed E-state index contributed by atoms with van der Waals surface area (Å²) in [5.74, 6) is 2.77. The Labute approximate surface area is 163 Å². The lowest BCUT2D eigenvalue weighted by Gasteiger charge is -2.16. The monoisotopic (exact) mass is 390 g/mol. The second kappa shape index (κ2) is 7.72. The van der Waals surface area contributed by atoms with Gasteiger partial charge in [-0.2, -0.15) is 9.61 Å². The van der Waals surface area contributed by atoms with Crippen LogP contribution in [0.1, 0.15) is 47.4 Å². The summed E-state index contributed by atoms with van der Waals surface area (Å²) in [7, 11) is 0. The van der Waals surface area contributed by atoms with Gasteiger partial charge in [-0.15, -0.1) is 10.2 Å². The lowest BCUT2D eigenvalue weighted by atomic mass is 9.96. The van der Waals surface area contributed by atoms with Crippen molar-refractivity contribution in [1.29, 1.82) is 0 Å². The first kappa shape index (κ1) is 19.4. The molecule has 0 amide bonds. The number of aromatic nitrogens is 4. The maximum absolute atomic E-state index is 5.81. The van der Waals surface area contributed by atoms with Crippen LogP contribution in [0.4, 0.5) is 0 Å². The van der Waals surface area contributed by atoms with Gasteiger partial charge in [-0.1, -0.05) is 32.1 Å². The number of ether oxygens (including phenoxy) is 3. The average molecular weight is 391 g/mol. The quantitative estimate of drug-likeness (QED) is 0.597. The first-order valence-electron chi connectivity index (χ1n) is 9.18. The Kier molecular flexibility index (Phi) is 5.55. The van der Waals surface area contributed by atoms with Crippen LogP contribution in [0.5, 0.6) is 17.2 Å². The minimum Gasteiger partial charge on any atom is -0.490 e. The maximum atomic E-state index is 5.81. The van der Waals surface area contributed by atoms with E-state index in [0.29, 0.717) is 37.1 Å². The Hall–Kier alpha value is -2.35. The van der Waals surface area contributed by atoms with Crippen LogP contribution in [-0.4, -0.2) is 39.6 Å². The lowest BCUT2D eigenvalue weighted by molar-refractivity contribution is 0.261. The van der Waals surface area contributed by atoms with Crippen molar-refractivity contribution in [2.45, 2.75) is 47.0 Å². The van der Waals surface area contributed by atoms with Crippen molar-refractivity contribution in [3.05, 3.63) is 18.0 Å². The van der Waals surface area contributed by atoms with Crippen LogP contribution in [0.15, 0.2) is 12.1 Å². The predicted molar refractivity (Wildman–Crippen MR) is 106 cm³/mol. The van der Waals surface area contributed by atoms with Crippen LogP contribution < -0.4 is 14.2 Å². The third-order valence-electron chi connectivity index (χ3n) is 3.82. The zero-order chi connectivity index (χ0) is 19.6. The summed E-state index contributed by atoms with van der Waals surface area (Å²) in [5, 5.41) is 14.1. The van der Waals surface area contributed by atoms with E-state index in [1.54, 1.807) is 0 Å². The van der Waals surface area contributed by atoms with Gasteiger partial charge in [0.15, 0.2) is 17.3 Å². The van der Waals surface area contributed by atoms with E-state index in [1.165, 1.54) is 11.3 Å². The number of fused-ring (bicyclic) bond motifs is 1. The molecule has 7 nitrogen and oxygen atoms in total. The van der Waals surface area contributed by atoms with Crippen LogP contribution in [-0.2, 0) is 5.41 Å². The molecule has 0 spiro atoms. The van der Waals surface area contributed by atoms with Gasteiger partial charge in [0.25, 0.3) is 0 Å². The molecule has 0 saturated heterocycles. The average Bonchev–Trinajstić information content (AvgIpc) is 3.17. The molecule has 8 heteroatoms. The highest BCUT2D eigenvalue weighted by Crippen LogP contribution is 2.42.